The zero-order chi connectivity index (χ0) is 19.0. The molecule has 24 heavy (non-hydrogen) atoms. The molecule has 0 heterocycles. The van der Waals surface area contributed by atoms with Gasteiger partial charge in [0.25, 0.3) is 0 Å². The first-order valence-corrected chi connectivity index (χ1v) is 15.5. The van der Waals surface area contributed by atoms with Gasteiger partial charge in [0.1, 0.15) is 0 Å². The van der Waals surface area contributed by atoms with E-state index >= 15 is 0 Å². The fraction of sp³-hybridized carbons (Fsp3) is 0.941. The molecule has 0 aliphatic rings. The summed E-state index contributed by atoms with van der Waals surface area (Å²) in [6.07, 6.45) is 0.846. The highest BCUT2D eigenvalue weighted by Crippen LogP contribution is 2.22. The van der Waals surface area contributed by atoms with Crippen molar-refractivity contribution in [2.24, 2.45) is 5.41 Å². The first-order chi connectivity index (χ1) is 10.8. The summed E-state index contributed by atoms with van der Waals surface area (Å²) in [4.78, 5) is 11.8. The molecular weight excluding hydrogens is 340 g/mol. The van der Waals surface area contributed by atoms with E-state index in [4.69, 9.17) is 13.6 Å². The molecule has 0 rings (SSSR count). The molecule has 1 unspecified atom stereocenters. The Morgan fingerprint density at radius 1 is 1.12 bits per heavy atom. The third-order valence-corrected chi connectivity index (χ3v) is 10.1. The molecular formula is C17H38O5Si2. The van der Waals surface area contributed by atoms with Crippen LogP contribution in [0.15, 0.2) is 0 Å². The van der Waals surface area contributed by atoms with E-state index in [1.165, 1.54) is 0 Å². The molecule has 1 atom stereocenters. The van der Waals surface area contributed by atoms with Crippen LogP contribution in [0.3, 0.4) is 0 Å². The summed E-state index contributed by atoms with van der Waals surface area (Å²) in [6.45, 7) is 17.8. The van der Waals surface area contributed by atoms with Crippen molar-refractivity contribution in [3.63, 3.8) is 0 Å². The lowest BCUT2D eigenvalue weighted by atomic mass is 9.91. The van der Waals surface area contributed by atoms with Gasteiger partial charge >= 0.3 is 5.97 Å². The van der Waals surface area contributed by atoms with Crippen LogP contribution in [0.1, 0.15) is 40.0 Å². The Balaban J connectivity index is 3.86. The molecule has 0 aliphatic carbocycles. The number of carbonyl (C=O) groups is 1. The summed E-state index contributed by atoms with van der Waals surface area (Å²) in [5.41, 5.74) is -0.561. The smallest absolute Gasteiger partial charge is 0.313 e. The molecule has 0 bridgehead atoms. The van der Waals surface area contributed by atoms with Gasteiger partial charge in [-0.1, -0.05) is 6.92 Å². The maximum atomic E-state index is 11.8. The van der Waals surface area contributed by atoms with E-state index in [9.17, 15) is 9.90 Å². The summed E-state index contributed by atoms with van der Waals surface area (Å²) in [5.74, 6) is -0.367. The van der Waals surface area contributed by atoms with Gasteiger partial charge in [-0.2, -0.15) is 0 Å². The Hall–Kier alpha value is -0.216. The molecule has 0 aliphatic heterocycles. The van der Waals surface area contributed by atoms with Gasteiger partial charge in [-0.15, -0.1) is 0 Å². The standard InChI is InChI=1S/C17H38O5Si2/c1-9-17(2,3)16(19)21-15(18)11-13-20-12-10-14-24(7,8)22-23(4,5)6/h15,18H,9-14H2,1-8H3. The van der Waals surface area contributed by atoms with Crippen LogP contribution in [-0.4, -0.2) is 47.2 Å². The number of rotatable bonds is 12. The number of ether oxygens (including phenoxy) is 2. The van der Waals surface area contributed by atoms with Crippen molar-refractivity contribution < 1.29 is 23.5 Å². The minimum absolute atomic E-state index is 0.303. The van der Waals surface area contributed by atoms with E-state index in [0.717, 1.165) is 12.5 Å². The summed E-state index contributed by atoms with van der Waals surface area (Å²) in [5, 5.41) is 9.76. The van der Waals surface area contributed by atoms with E-state index in [2.05, 4.69) is 32.7 Å². The molecule has 0 aromatic heterocycles. The fourth-order valence-electron chi connectivity index (χ4n) is 2.25. The molecule has 0 aromatic rings. The summed E-state index contributed by atoms with van der Waals surface area (Å²) >= 11 is 0. The zero-order valence-electron chi connectivity index (χ0n) is 16.9. The maximum Gasteiger partial charge on any atom is 0.313 e. The Labute approximate surface area is 150 Å². The average molecular weight is 379 g/mol. The molecule has 0 amide bonds. The second kappa shape index (κ2) is 10.1. The molecule has 7 heteroatoms. The molecule has 0 radical (unpaired) electrons. The van der Waals surface area contributed by atoms with Crippen LogP contribution in [0.25, 0.3) is 0 Å². The highest BCUT2D eigenvalue weighted by Gasteiger charge is 2.30. The quantitative estimate of drug-likeness (QED) is 0.239. The van der Waals surface area contributed by atoms with Gasteiger partial charge in [0.2, 0.25) is 6.29 Å². The summed E-state index contributed by atoms with van der Waals surface area (Å²) < 4.78 is 16.9. The number of hydrogen-bond donors (Lipinski definition) is 1. The van der Waals surface area contributed by atoms with Crippen LogP contribution in [0.4, 0.5) is 0 Å². The van der Waals surface area contributed by atoms with Gasteiger partial charge in [-0.05, 0) is 65.5 Å². The van der Waals surface area contributed by atoms with Crippen molar-refractivity contribution in [2.45, 2.75) is 85.1 Å². The van der Waals surface area contributed by atoms with Crippen molar-refractivity contribution in [3.05, 3.63) is 0 Å². The van der Waals surface area contributed by atoms with E-state index < -0.39 is 28.3 Å². The summed E-state index contributed by atoms with van der Waals surface area (Å²) in [6, 6.07) is 1.07. The zero-order valence-corrected chi connectivity index (χ0v) is 18.9. The number of aliphatic hydroxyl groups excluding tert-OH is 1. The highest BCUT2D eigenvalue weighted by atomic mass is 28.4. The Morgan fingerprint density at radius 2 is 1.71 bits per heavy atom. The number of carbonyl (C=O) groups excluding carboxylic acids is 1. The predicted octanol–water partition coefficient (Wildman–Crippen LogP) is 4.14. The average Bonchev–Trinajstić information content (AvgIpc) is 2.39. The molecule has 0 aromatic carbocycles. The lowest BCUT2D eigenvalue weighted by Gasteiger charge is -2.31. The largest absolute Gasteiger partial charge is 0.456 e. The highest BCUT2D eigenvalue weighted by molar-refractivity contribution is 6.84. The normalized spacial score (nSPS) is 14.5. The first kappa shape index (κ1) is 23.8. The van der Waals surface area contributed by atoms with Crippen LogP contribution in [0.5, 0.6) is 0 Å². The van der Waals surface area contributed by atoms with Crippen LogP contribution >= 0.6 is 0 Å². The predicted molar refractivity (Wildman–Crippen MR) is 103 cm³/mol. The van der Waals surface area contributed by atoms with Crippen molar-refractivity contribution in [3.8, 4) is 0 Å². The third-order valence-electron chi connectivity index (χ3n) is 3.84. The number of hydrogen-bond acceptors (Lipinski definition) is 5. The minimum Gasteiger partial charge on any atom is -0.456 e. The molecule has 0 saturated carbocycles. The van der Waals surface area contributed by atoms with E-state index in [1.54, 1.807) is 0 Å². The Bertz CT molecular complexity index is 378. The Kier molecular flexibility index (Phi) is 9.97. The number of esters is 1. The minimum atomic E-state index is -1.60. The van der Waals surface area contributed by atoms with Gasteiger partial charge in [0.15, 0.2) is 16.6 Å². The molecule has 1 N–H and O–H groups in total. The van der Waals surface area contributed by atoms with E-state index in [-0.39, 0.29) is 5.97 Å². The van der Waals surface area contributed by atoms with E-state index in [1.807, 2.05) is 20.8 Å². The van der Waals surface area contributed by atoms with Gasteiger partial charge < -0.3 is 18.7 Å². The fourth-order valence-corrected chi connectivity index (χ4v) is 10.3. The Morgan fingerprint density at radius 3 is 2.21 bits per heavy atom. The first-order valence-electron chi connectivity index (χ1n) is 8.96. The van der Waals surface area contributed by atoms with Crippen LogP contribution in [-0.2, 0) is 18.4 Å². The summed E-state index contributed by atoms with van der Waals surface area (Å²) in [7, 11) is -3.08. The molecule has 0 saturated heterocycles. The lowest BCUT2D eigenvalue weighted by Crippen LogP contribution is -2.42. The lowest BCUT2D eigenvalue weighted by molar-refractivity contribution is -0.180. The SMILES string of the molecule is CCC(C)(C)C(=O)OC(O)CCOCCC[Si](C)(C)O[Si](C)(C)C. The second-order valence-electron chi connectivity index (χ2n) is 8.58. The topological polar surface area (TPSA) is 65.0 Å². The number of aliphatic hydroxyl groups is 1. The van der Waals surface area contributed by atoms with Gasteiger partial charge in [-0.3, -0.25) is 4.79 Å². The maximum absolute atomic E-state index is 11.8. The van der Waals surface area contributed by atoms with Crippen molar-refractivity contribution in [2.75, 3.05) is 13.2 Å². The third kappa shape index (κ3) is 11.4. The molecule has 5 nitrogen and oxygen atoms in total. The monoisotopic (exact) mass is 378 g/mol. The van der Waals surface area contributed by atoms with Crippen molar-refractivity contribution in [1.82, 2.24) is 0 Å². The van der Waals surface area contributed by atoms with Crippen LogP contribution in [0.2, 0.25) is 38.8 Å². The van der Waals surface area contributed by atoms with Gasteiger partial charge in [0, 0.05) is 13.0 Å². The van der Waals surface area contributed by atoms with Crippen LogP contribution < -0.4 is 0 Å². The van der Waals surface area contributed by atoms with E-state index in [0.29, 0.717) is 26.1 Å². The van der Waals surface area contributed by atoms with Crippen molar-refractivity contribution in [1.29, 1.82) is 0 Å². The van der Waals surface area contributed by atoms with Gasteiger partial charge in [-0.25, -0.2) is 0 Å². The second-order valence-corrected chi connectivity index (χ2v) is 17.6. The molecule has 0 fully saturated rings. The molecule has 144 valence electrons. The van der Waals surface area contributed by atoms with Crippen LogP contribution in [0, 0.1) is 5.41 Å². The molecule has 0 spiro atoms. The van der Waals surface area contributed by atoms with Crippen molar-refractivity contribution >= 4 is 22.6 Å². The van der Waals surface area contributed by atoms with Gasteiger partial charge in [0.05, 0.1) is 12.0 Å².